The summed E-state index contributed by atoms with van der Waals surface area (Å²) in [7, 11) is 1.52. The summed E-state index contributed by atoms with van der Waals surface area (Å²) in [5.41, 5.74) is -0.952. The minimum Gasteiger partial charge on any atom is -0.497 e. The number of benzene rings is 1. The fourth-order valence-corrected chi connectivity index (χ4v) is 3.53. The van der Waals surface area contributed by atoms with Crippen LogP contribution in [0.3, 0.4) is 0 Å². The van der Waals surface area contributed by atoms with Crippen molar-refractivity contribution in [2.75, 3.05) is 25.2 Å². The average Bonchev–Trinajstić information content (AvgIpc) is 3.23. The number of hydrogen-bond donors (Lipinski definition) is 0. The number of methoxy groups -OCH3 is 1. The minimum absolute atomic E-state index is 0.0113. The third-order valence-electron chi connectivity index (χ3n) is 4.97. The van der Waals surface area contributed by atoms with Gasteiger partial charge in [0.15, 0.2) is 11.5 Å². The number of aromatic nitrogens is 6. The zero-order chi connectivity index (χ0) is 22.2. The van der Waals surface area contributed by atoms with Gasteiger partial charge < -0.3 is 14.4 Å². The van der Waals surface area contributed by atoms with Gasteiger partial charge >= 0.3 is 6.18 Å². The highest BCUT2D eigenvalue weighted by Crippen LogP contribution is 2.36. The molecule has 0 bridgehead atoms. The molecule has 1 saturated heterocycles. The number of halogens is 3. The van der Waals surface area contributed by atoms with Gasteiger partial charge in [0.05, 0.1) is 43.7 Å². The third kappa shape index (κ3) is 4.02. The van der Waals surface area contributed by atoms with Crippen molar-refractivity contribution < 1.29 is 22.6 Å². The van der Waals surface area contributed by atoms with Crippen LogP contribution in [0.15, 0.2) is 30.5 Å². The molecule has 12 heteroatoms. The molecular weight excluding hydrogens is 415 g/mol. The van der Waals surface area contributed by atoms with Gasteiger partial charge in [-0.2, -0.15) is 17.9 Å². The van der Waals surface area contributed by atoms with Gasteiger partial charge in [-0.25, -0.2) is 9.97 Å². The van der Waals surface area contributed by atoms with Gasteiger partial charge in [0.1, 0.15) is 5.75 Å². The number of rotatable bonds is 4. The predicted molar refractivity (Wildman–Crippen MR) is 104 cm³/mol. The molecule has 1 fully saturated rings. The van der Waals surface area contributed by atoms with Crippen molar-refractivity contribution in [1.29, 1.82) is 0 Å². The molecule has 1 aliphatic rings. The normalized spacial score (nSPS) is 19.5. The molecule has 31 heavy (non-hydrogen) atoms. The molecular formula is C19H20F3N7O2. The van der Waals surface area contributed by atoms with E-state index in [-0.39, 0.29) is 29.4 Å². The quantitative estimate of drug-likeness (QED) is 0.618. The summed E-state index contributed by atoms with van der Waals surface area (Å²) in [6.45, 7) is 4.47. The molecule has 0 radical (unpaired) electrons. The number of alkyl halides is 3. The number of hydrogen-bond acceptors (Lipinski definition) is 8. The first-order chi connectivity index (χ1) is 14.8. The fraction of sp³-hybridized carbons (Fsp3) is 0.421. The maximum atomic E-state index is 14.0. The van der Waals surface area contributed by atoms with Gasteiger partial charge in [0.25, 0.3) is 0 Å². The van der Waals surface area contributed by atoms with E-state index in [1.165, 1.54) is 11.8 Å². The number of nitrogens with zero attached hydrogens (tertiary/aromatic N) is 7. The smallest absolute Gasteiger partial charge is 0.434 e. The standard InChI is InChI=1S/C19H20F3N7O2/c1-11-9-31-10-12(2)28(11)18-23-8-15(16(24-18)19(20,21)22)17-25-26-27-29(17)13-4-6-14(30-3)7-5-13/h4-8,11-12H,9-10H2,1-3H3/t11-,12-/m0/s1. The van der Waals surface area contributed by atoms with Crippen LogP contribution in [0.5, 0.6) is 5.75 Å². The van der Waals surface area contributed by atoms with E-state index in [9.17, 15) is 13.2 Å². The van der Waals surface area contributed by atoms with Crippen molar-refractivity contribution in [3.05, 3.63) is 36.2 Å². The Balaban J connectivity index is 1.80. The molecule has 4 rings (SSSR count). The van der Waals surface area contributed by atoms with Gasteiger partial charge in [0.2, 0.25) is 5.95 Å². The molecule has 0 aliphatic carbocycles. The Hall–Kier alpha value is -3.28. The van der Waals surface area contributed by atoms with E-state index in [2.05, 4.69) is 25.5 Å². The number of anilines is 1. The van der Waals surface area contributed by atoms with E-state index in [0.717, 1.165) is 6.20 Å². The molecule has 3 aromatic rings. The maximum Gasteiger partial charge on any atom is 0.434 e. The molecule has 2 aromatic heterocycles. The topological polar surface area (TPSA) is 91.1 Å². The summed E-state index contributed by atoms with van der Waals surface area (Å²) >= 11 is 0. The number of morpholine rings is 1. The summed E-state index contributed by atoms with van der Waals surface area (Å²) in [5.74, 6) is 0.464. The molecule has 0 spiro atoms. The van der Waals surface area contributed by atoms with Crippen molar-refractivity contribution in [2.45, 2.75) is 32.1 Å². The fourth-order valence-electron chi connectivity index (χ4n) is 3.53. The Kier molecular flexibility index (Phi) is 5.48. The van der Waals surface area contributed by atoms with Crippen molar-refractivity contribution in [2.24, 2.45) is 0 Å². The molecule has 0 unspecified atom stereocenters. The van der Waals surface area contributed by atoms with Gasteiger partial charge in [-0.1, -0.05) is 0 Å². The molecule has 1 aromatic carbocycles. The number of ether oxygens (including phenoxy) is 2. The van der Waals surface area contributed by atoms with Crippen LogP contribution in [0, 0.1) is 0 Å². The van der Waals surface area contributed by atoms with E-state index >= 15 is 0 Å². The lowest BCUT2D eigenvalue weighted by atomic mass is 10.1. The SMILES string of the molecule is COc1ccc(-n2nnnc2-c2cnc(N3[C@@H](C)COC[C@@H]3C)nc2C(F)(F)F)cc1. The largest absolute Gasteiger partial charge is 0.497 e. The summed E-state index contributed by atoms with van der Waals surface area (Å²) in [5, 5.41) is 11.2. The van der Waals surface area contributed by atoms with Crippen LogP contribution >= 0.6 is 0 Å². The molecule has 164 valence electrons. The third-order valence-corrected chi connectivity index (χ3v) is 4.97. The Morgan fingerprint density at radius 1 is 1.10 bits per heavy atom. The average molecular weight is 435 g/mol. The Morgan fingerprint density at radius 3 is 2.39 bits per heavy atom. The molecule has 3 heterocycles. The molecule has 1 aliphatic heterocycles. The summed E-state index contributed by atoms with van der Waals surface area (Å²) in [4.78, 5) is 9.85. The van der Waals surface area contributed by atoms with Crippen molar-refractivity contribution in [3.63, 3.8) is 0 Å². The Labute approximate surface area is 175 Å². The van der Waals surface area contributed by atoms with E-state index in [0.29, 0.717) is 24.7 Å². The van der Waals surface area contributed by atoms with Crippen molar-refractivity contribution >= 4 is 5.95 Å². The van der Waals surface area contributed by atoms with Crippen LogP contribution in [0.2, 0.25) is 0 Å². The lowest BCUT2D eigenvalue weighted by molar-refractivity contribution is -0.140. The van der Waals surface area contributed by atoms with E-state index in [1.54, 1.807) is 29.2 Å². The lowest BCUT2D eigenvalue weighted by Crippen LogP contribution is -2.50. The summed E-state index contributed by atoms with van der Waals surface area (Å²) < 4.78 is 53.7. The van der Waals surface area contributed by atoms with E-state index in [1.807, 2.05) is 13.8 Å². The van der Waals surface area contributed by atoms with Crippen LogP contribution in [0.1, 0.15) is 19.5 Å². The molecule has 0 N–H and O–H groups in total. The van der Waals surface area contributed by atoms with Crippen LogP contribution in [-0.4, -0.2) is 62.6 Å². The minimum atomic E-state index is -4.73. The molecule has 0 saturated carbocycles. The molecule has 9 nitrogen and oxygen atoms in total. The van der Waals surface area contributed by atoms with Gasteiger partial charge in [0, 0.05) is 6.20 Å². The second-order valence-electron chi connectivity index (χ2n) is 7.19. The Morgan fingerprint density at radius 2 is 1.77 bits per heavy atom. The first kappa shape index (κ1) is 21.0. The van der Waals surface area contributed by atoms with Crippen LogP contribution in [0.25, 0.3) is 17.1 Å². The van der Waals surface area contributed by atoms with E-state index < -0.39 is 11.9 Å². The highest BCUT2D eigenvalue weighted by Gasteiger charge is 2.39. The molecule has 0 amide bonds. The molecule has 2 atom stereocenters. The van der Waals surface area contributed by atoms with Gasteiger partial charge in [-0.3, -0.25) is 0 Å². The predicted octanol–water partition coefficient (Wildman–Crippen LogP) is 2.76. The van der Waals surface area contributed by atoms with Crippen molar-refractivity contribution in [1.82, 2.24) is 30.2 Å². The zero-order valence-corrected chi connectivity index (χ0v) is 17.0. The monoisotopic (exact) mass is 435 g/mol. The number of tetrazole rings is 1. The second-order valence-corrected chi connectivity index (χ2v) is 7.19. The van der Waals surface area contributed by atoms with Crippen LogP contribution in [-0.2, 0) is 10.9 Å². The van der Waals surface area contributed by atoms with Crippen LogP contribution in [0.4, 0.5) is 19.1 Å². The summed E-state index contributed by atoms with van der Waals surface area (Å²) in [6, 6.07) is 6.26. The second kappa shape index (κ2) is 8.10. The van der Waals surface area contributed by atoms with E-state index in [4.69, 9.17) is 9.47 Å². The lowest BCUT2D eigenvalue weighted by Gasteiger charge is -2.38. The first-order valence-electron chi connectivity index (χ1n) is 9.53. The van der Waals surface area contributed by atoms with Crippen molar-refractivity contribution in [3.8, 4) is 22.8 Å². The zero-order valence-electron chi connectivity index (χ0n) is 17.0. The van der Waals surface area contributed by atoms with Gasteiger partial charge in [-0.05, 0) is 48.5 Å². The summed E-state index contributed by atoms with van der Waals surface area (Å²) in [6.07, 6.45) is -3.62. The highest BCUT2D eigenvalue weighted by atomic mass is 19.4. The van der Waals surface area contributed by atoms with Gasteiger partial charge in [-0.15, -0.1) is 5.10 Å². The first-order valence-corrected chi connectivity index (χ1v) is 9.53. The highest BCUT2D eigenvalue weighted by molar-refractivity contribution is 5.61. The van der Waals surface area contributed by atoms with Crippen LogP contribution < -0.4 is 9.64 Å². The maximum absolute atomic E-state index is 14.0. The Bertz CT molecular complexity index is 1050.